The van der Waals surface area contributed by atoms with Crippen LogP contribution in [0.15, 0.2) is 53.6 Å². The minimum atomic E-state index is -0.400. The van der Waals surface area contributed by atoms with Gasteiger partial charge in [-0.2, -0.15) is 5.10 Å². The number of nitrogens with one attached hydrogen (secondary N) is 1. The first-order valence-corrected chi connectivity index (χ1v) is 9.29. The molecule has 4 rings (SSSR count). The molecule has 6 nitrogen and oxygen atoms in total. The van der Waals surface area contributed by atoms with Crippen molar-refractivity contribution in [2.45, 2.75) is 32.5 Å². The van der Waals surface area contributed by atoms with E-state index in [0.29, 0.717) is 18.0 Å². The second kappa shape index (κ2) is 8.31. The maximum absolute atomic E-state index is 12.9. The van der Waals surface area contributed by atoms with Gasteiger partial charge in [0.2, 0.25) is 0 Å². The minimum Gasteiger partial charge on any atom is -0.485 e. The van der Waals surface area contributed by atoms with Crippen molar-refractivity contribution in [1.82, 2.24) is 20.1 Å². The van der Waals surface area contributed by atoms with Crippen molar-refractivity contribution in [3.8, 4) is 5.75 Å². The van der Waals surface area contributed by atoms with Crippen LogP contribution in [0.3, 0.4) is 0 Å². The Kier molecular flexibility index (Phi) is 5.43. The Hall–Kier alpha value is -3.06. The van der Waals surface area contributed by atoms with Crippen LogP contribution in [0.2, 0.25) is 0 Å². The fourth-order valence-electron chi connectivity index (χ4n) is 3.24. The Morgan fingerprint density at radius 1 is 1.14 bits per heavy atom. The molecule has 0 amide bonds. The Labute approximate surface area is 162 Å². The topological polar surface area (TPSA) is 69.0 Å². The third-order valence-corrected chi connectivity index (χ3v) is 4.79. The molecule has 1 aromatic carbocycles. The molecule has 0 radical (unpaired) electrons. The first kappa shape index (κ1) is 18.3. The van der Waals surface area contributed by atoms with Gasteiger partial charge in [0.05, 0.1) is 18.1 Å². The van der Waals surface area contributed by atoms with Crippen LogP contribution in [0.5, 0.6) is 5.75 Å². The Bertz CT molecular complexity index is 1020. The summed E-state index contributed by atoms with van der Waals surface area (Å²) in [6.45, 7) is 2.58. The van der Waals surface area contributed by atoms with E-state index in [1.807, 2.05) is 0 Å². The van der Waals surface area contributed by atoms with Crippen LogP contribution in [-0.4, -0.2) is 21.3 Å². The normalized spacial score (nSPS) is 13.2. The number of halogens is 1. The Balaban J connectivity index is 1.36. The summed E-state index contributed by atoms with van der Waals surface area (Å²) in [5, 5.41) is 7.57. The van der Waals surface area contributed by atoms with Crippen molar-refractivity contribution in [2.75, 3.05) is 6.54 Å². The smallest absolute Gasteiger partial charge is 0.270 e. The summed E-state index contributed by atoms with van der Waals surface area (Å²) in [5.74, 6) is -0.0320. The van der Waals surface area contributed by atoms with Gasteiger partial charge in [0.25, 0.3) is 5.56 Å². The van der Waals surface area contributed by atoms with E-state index < -0.39 is 5.82 Å². The zero-order chi connectivity index (χ0) is 19.3. The summed E-state index contributed by atoms with van der Waals surface area (Å²) in [4.78, 5) is 16.2. The molecule has 3 heterocycles. The van der Waals surface area contributed by atoms with Crippen LogP contribution in [0, 0.1) is 5.82 Å². The van der Waals surface area contributed by atoms with E-state index in [4.69, 9.17) is 4.74 Å². The number of fused-ring (bicyclic) bond motifs is 1. The molecule has 0 atom stereocenters. The molecule has 1 aliphatic heterocycles. The van der Waals surface area contributed by atoms with E-state index in [0.717, 1.165) is 32.1 Å². The Morgan fingerprint density at radius 2 is 2.07 bits per heavy atom. The SMILES string of the molecule is O=c1cc(OCc2ccc(F)cn2)cnn1CCc1ccc2c(c1)CNCC2. The summed E-state index contributed by atoms with van der Waals surface area (Å²) in [7, 11) is 0. The molecule has 0 fully saturated rings. The molecule has 1 aliphatic rings. The van der Waals surface area contributed by atoms with Crippen molar-refractivity contribution in [3.63, 3.8) is 0 Å². The number of aromatic nitrogens is 3. The molecule has 0 aliphatic carbocycles. The number of benzene rings is 1. The van der Waals surface area contributed by atoms with Gasteiger partial charge in [0.15, 0.2) is 0 Å². The number of ether oxygens (including phenoxy) is 1. The molecule has 0 unspecified atom stereocenters. The lowest BCUT2D eigenvalue weighted by molar-refractivity contribution is 0.297. The second-order valence-corrected chi connectivity index (χ2v) is 6.79. The van der Waals surface area contributed by atoms with Gasteiger partial charge in [-0.15, -0.1) is 0 Å². The molecule has 7 heteroatoms. The maximum atomic E-state index is 12.9. The molecular formula is C21H21FN4O2. The number of pyridine rings is 1. The zero-order valence-corrected chi connectivity index (χ0v) is 15.4. The third kappa shape index (κ3) is 4.43. The van der Waals surface area contributed by atoms with Gasteiger partial charge in [-0.1, -0.05) is 18.2 Å². The van der Waals surface area contributed by atoms with Gasteiger partial charge < -0.3 is 10.1 Å². The maximum Gasteiger partial charge on any atom is 0.270 e. The lowest BCUT2D eigenvalue weighted by atomic mass is 9.97. The molecule has 0 spiro atoms. The van der Waals surface area contributed by atoms with Crippen LogP contribution in [-0.2, 0) is 32.5 Å². The lowest BCUT2D eigenvalue weighted by Gasteiger charge is -2.18. The molecule has 0 saturated carbocycles. The average Bonchev–Trinajstić information content (AvgIpc) is 2.72. The number of aryl methyl sites for hydroxylation is 2. The standard InChI is InChI=1S/C21H21FN4O2/c22-18-3-4-19(24-12-18)14-28-20-10-21(27)26(25-13-20)8-6-15-1-2-16-5-7-23-11-17(16)9-15/h1-4,9-10,12-13,23H,5-8,11,14H2. The van der Waals surface area contributed by atoms with E-state index in [1.54, 1.807) is 0 Å². The van der Waals surface area contributed by atoms with Crippen LogP contribution in [0.1, 0.15) is 22.4 Å². The highest BCUT2D eigenvalue weighted by Crippen LogP contribution is 2.16. The van der Waals surface area contributed by atoms with E-state index in [2.05, 4.69) is 33.6 Å². The number of hydrogen-bond acceptors (Lipinski definition) is 5. The molecule has 28 heavy (non-hydrogen) atoms. The van der Waals surface area contributed by atoms with Crippen molar-refractivity contribution < 1.29 is 9.13 Å². The largest absolute Gasteiger partial charge is 0.485 e. The van der Waals surface area contributed by atoms with Gasteiger partial charge in [0.1, 0.15) is 18.2 Å². The molecule has 1 N–H and O–H groups in total. The van der Waals surface area contributed by atoms with Gasteiger partial charge in [0, 0.05) is 19.2 Å². The summed E-state index contributed by atoms with van der Waals surface area (Å²) in [6, 6.07) is 10.8. The Morgan fingerprint density at radius 3 is 2.89 bits per heavy atom. The van der Waals surface area contributed by atoms with Crippen molar-refractivity contribution in [1.29, 1.82) is 0 Å². The van der Waals surface area contributed by atoms with Gasteiger partial charge in [-0.25, -0.2) is 9.07 Å². The molecule has 144 valence electrons. The van der Waals surface area contributed by atoms with Crippen molar-refractivity contribution >= 4 is 0 Å². The van der Waals surface area contributed by atoms with E-state index in [1.165, 1.54) is 45.8 Å². The highest BCUT2D eigenvalue weighted by atomic mass is 19.1. The second-order valence-electron chi connectivity index (χ2n) is 6.79. The van der Waals surface area contributed by atoms with E-state index >= 15 is 0 Å². The van der Waals surface area contributed by atoms with E-state index in [9.17, 15) is 9.18 Å². The zero-order valence-electron chi connectivity index (χ0n) is 15.4. The van der Waals surface area contributed by atoms with Crippen LogP contribution >= 0.6 is 0 Å². The highest BCUT2D eigenvalue weighted by molar-refractivity contribution is 5.33. The predicted molar refractivity (Wildman–Crippen MR) is 103 cm³/mol. The van der Waals surface area contributed by atoms with Crippen LogP contribution in [0.4, 0.5) is 4.39 Å². The molecule has 0 saturated heterocycles. The van der Waals surface area contributed by atoms with Gasteiger partial charge in [-0.05, 0) is 48.2 Å². The molecular weight excluding hydrogens is 359 g/mol. The monoisotopic (exact) mass is 380 g/mol. The predicted octanol–water partition coefficient (Wildman–Crippen LogP) is 2.24. The fraction of sp³-hybridized carbons (Fsp3) is 0.286. The molecule has 3 aromatic rings. The number of hydrogen-bond donors (Lipinski definition) is 1. The quantitative estimate of drug-likeness (QED) is 0.710. The first-order chi connectivity index (χ1) is 13.7. The average molecular weight is 380 g/mol. The van der Waals surface area contributed by atoms with Gasteiger partial charge >= 0.3 is 0 Å². The lowest BCUT2D eigenvalue weighted by Crippen LogP contribution is -2.24. The summed E-state index contributed by atoms with van der Waals surface area (Å²) in [5.41, 5.74) is 4.28. The van der Waals surface area contributed by atoms with Gasteiger partial charge in [-0.3, -0.25) is 9.78 Å². The molecule has 0 bridgehead atoms. The van der Waals surface area contributed by atoms with Crippen LogP contribution < -0.4 is 15.6 Å². The highest BCUT2D eigenvalue weighted by Gasteiger charge is 2.09. The first-order valence-electron chi connectivity index (χ1n) is 9.29. The van der Waals surface area contributed by atoms with Crippen molar-refractivity contribution in [2.24, 2.45) is 0 Å². The third-order valence-electron chi connectivity index (χ3n) is 4.79. The minimum absolute atomic E-state index is 0.147. The number of nitrogens with zero attached hydrogens (tertiary/aromatic N) is 3. The summed E-state index contributed by atoms with van der Waals surface area (Å²) >= 11 is 0. The summed E-state index contributed by atoms with van der Waals surface area (Å²) in [6.07, 6.45) is 4.44. The fourth-order valence-corrected chi connectivity index (χ4v) is 3.24. The van der Waals surface area contributed by atoms with Crippen LogP contribution in [0.25, 0.3) is 0 Å². The number of rotatable bonds is 6. The molecule has 2 aromatic heterocycles. The van der Waals surface area contributed by atoms with Crippen molar-refractivity contribution in [3.05, 3.63) is 87.3 Å². The summed E-state index contributed by atoms with van der Waals surface area (Å²) < 4.78 is 19.8. The van der Waals surface area contributed by atoms with E-state index in [-0.39, 0.29) is 12.2 Å².